The van der Waals surface area contributed by atoms with E-state index in [9.17, 15) is 4.79 Å². The fraction of sp³-hybridized carbons (Fsp3) is 0.900. The van der Waals surface area contributed by atoms with E-state index in [4.69, 9.17) is 0 Å². The van der Waals surface area contributed by atoms with Gasteiger partial charge in [0.05, 0.1) is 7.11 Å². The van der Waals surface area contributed by atoms with Crippen molar-refractivity contribution in [2.24, 2.45) is 0 Å². The van der Waals surface area contributed by atoms with Crippen LogP contribution in [0.2, 0.25) is 0 Å². The summed E-state index contributed by atoms with van der Waals surface area (Å²) in [5.74, 6) is -0.169. The summed E-state index contributed by atoms with van der Waals surface area (Å²) in [5.41, 5.74) is 0. The molecular formula is C10H22N2O2. The Morgan fingerprint density at radius 2 is 2.14 bits per heavy atom. The third-order valence-electron chi connectivity index (χ3n) is 2.07. The highest BCUT2D eigenvalue weighted by Gasteiger charge is 2.14. The zero-order valence-electron chi connectivity index (χ0n) is 9.67. The molecule has 0 saturated carbocycles. The highest BCUT2D eigenvalue weighted by atomic mass is 16.5. The van der Waals surface area contributed by atoms with Gasteiger partial charge < -0.3 is 15.0 Å². The standard InChI is InChI=1S/C10H22N2O2/c1-5-9(10(13)14-4)11-7-6-8-12(2)3/h9,11H,5-8H2,1-4H3. The van der Waals surface area contributed by atoms with Crippen LogP contribution in [0, 0.1) is 0 Å². The van der Waals surface area contributed by atoms with Gasteiger partial charge in [-0.25, -0.2) is 0 Å². The molecular weight excluding hydrogens is 180 g/mol. The topological polar surface area (TPSA) is 41.6 Å². The molecule has 4 heteroatoms. The van der Waals surface area contributed by atoms with Crippen LogP contribution < -0.4 is 5.32 Å². The van der Waals surface area contributed by atoms with Gasteiger partial charge in [-0.3, -0.25) is 4.79 Å². The molecule has 0 spiro atoms. The SMILES string of the molecule is CCC(NCCCN(C)C)C(=O)OC. The van der Waals surface area contributed by atoms with Gasteiger partial charge in [0.15, 0.2) is 0 Å². The van der Waals surface area contributed by atoms with Gasteiger partial charge in [-0.1, -0.05) is 6.92 Å². The molecule has 0 bridgehead atoms. The van der Waals surface area contributed by atoms with Gasteiger partial charge in [-0.15, -0.1) is 0 Å². The lowest BCUT2D eigenvalue weighted by Gasteiger charge is -2.15. The summed E-state index contributed by atoms with van der Waals surface area (Å²) in [6.07, 6.45) is 1.81. The van der Waals surface area contributed by atoms with Crippen molar-refractivity contribution in [2.45, 2.75) is 25.8 Å². The second kappa shape index (κ2) is 7.76. The number of rotatable bonds is 7. The van der Waals surface area contributed by atoms with Crippen molar-refractivity contribution < 1.29 is 9.53 Å². The van der Waals surface area contributed by atoms with Crippen LogP contribution in [0.4, 0.5) is 0 Å². The Hall–Kier alpha value is -0.610. The first-order valence-corrected chi connectivity index (χ1v) is 5.07. The summed E-state index contributed by atoms with van der Waals surface area (Å²) in [6.45, 7) is 3.86. The molecule has 1 atom stereocenters. The number of hydrogen-bond acceptors (Lipinski definition) is 4. The quantitative estimate of drug-likeness (QED) is 0.481. The van der Waals surface area contributed by atoms with Crippen LogP contribution >= 0.6 is 0 Å². The van der Waals surface area contributed by atoms with E-state index in [0.29, 0.717) is 0 Å². The first-order valence-electron chi connectivity index (χ1n) is 5.07. The van der Waals surface area contributed by atoms with Crippen LogP contribution in [0.1, 0.15) is 19.8 Å². The first kappa shape index (κ1) is 13.4. The Bertz CT molecular complexity index is 160. The summed E-state index contributed by atoms with van der Waals surface area (Å²) in [5, 5.41) is 3.17. The molecule has 1 N–H and O–H groups in total. The average molecular weight is 202 g/mol. The van der Waals surface area contributed by atoms with E-state index in [-0.39, 0.29) is 12.0 Å². The number of methoxy groups -OCH3 is 1. The summed E-state index contributed by atoms with van der Waals surface area (Å²) < 4.78 is 4.67. The number of esters is 1. The second-order valence-corrected chi connectivity index (χ2v) is 3.59. The average Bonchev–Trinajstić information content (AvgIpc) is 2.16. The lowest BCUT2D eigenvalue weighted by Crippen LogP contribution is -2.38. The Kier molecular flexibility index (Phi) is 7.42. The molecule has 0 aromatic heterocycles. The predicted molar refractivity (Wildman–Crippen MR) is 57.3 cm³/mol. The van der Waals surface area contributed by atoms with E-state index in [2.05, 4.69) is 15.0 Å². The molecule has 0 aromatic rings. The van der Waals surface area contributed by atoms with Crippen LogP contribution in [0.15, 0.2) is 0 Å². The van der Waals surface area contributed by atoms with Gasteiger partial charge in [-0.05, 0) is 40.0 Å². The van der Waals surface area contributed by atoms with Crippen molar-refractivity contribution in [2.75, 3.05) is 34.3 Å². The van der Waals surface area contributed by atoms with Crippen LogP contribution in [-0.4, -0.2) is 51.2 Å². The fourth-order valence-electron chi connectivity index (χ4n) is 1.21. The maximum atomic E-state index is 11.2. The molecule has 0 heterocycles. The van der Waals surface area contributed by atoms with E-state index in [1.165, 1.54) is 7.11 Å². The number of carbonyl (C=O) groups is 1. The molecule has 1 unspecified atom stereocenters. The van der Waals surface area contributed by atoms with Crippen LogP contribution in [0.5, 0.6) is 0 Å². The zero-order chi connectivity index (χ0) is 11.0. The molecule has 0 aliphatic rings. The molecule has 0 aliphatic carbocycles. The summed E-state index contributed by atoms with van der Waals surface area (Å²) >= 11 is 0. The molecule has 14 heavy (non-hydrogen) atoms. The monoisotopic (exact) mass is 202 g/mol. The highest BCUT2D eigenvalue weighted by Crippen LogP contribution is 1.94. The van der Waals surface area contributed by atoms with Crippen LogP contribution in [0.3, 0.4) is 0 Å². The molecule has 84 valence electrons. The minimum atomic E-state index is -0.169. The number of hydrogen-bond donors (Lipinski definition) is 1. The molecule has 0 aliphatic heterocycles. The molecule has 0 rings (SSSR count). The van der Waals surface area contributed by atoms with Crippen molar-refractivity contribution in [3.05, 3.63) is 0 Å². The maximum Gasteiger partial charge on any atom is 0.322 e. The van der Waals surface area contributed by atoms with E-state index < -0.39 is 0 Å². The van der Waals surface area contributed by atoms with E-state index in [0.717, 1.165) is 25.9 Å². The van der Waals surface area contributed by atoms with Crippen LogP contribution in [0.25, 0.3) is 0 Å². The largest absolute Gasteiger partial charge is 0.468 e. The van der Waals surface area contributed by atoms with Crippen molar-refractivity contribution in [1.82, 2.24) is 10.2 Å². The Morgan fingerprint density at radius 3 is 2.57 bits per heavy atom. The molecule has 0 aromatic carbocycles. The second-order valence-electron chi connectivity index (χ2n) is 3.59. The Balaban J connectivity index is 3.58. The zero-order valence-corrected chi connectivity index (χ0v) is 9.67. The maximum absolute atomic E-state index is 11.2. The molecule has 4 nitrogen and oxygen atoms in total. The van der Waals surface area contributed by atoms with Gasteiger partial charge in [0.1, 0.15) is 6.04 Å². The normalized spacial score (nSPS) is 12.9. The lowest BCUT2D eigenvalue weighted by atomic mass is 10.2. The minimum Gasteiger partial charge on any atom is -0.468 e. The molecule has 0 radical (unpaired) electrons. The summed E-state index contributed by atoms with van der Waals surface area (Å²) in [7, 11) is 5.50. The number of nitrogens with zero attached hydrogens (tertiary/aromatic N) is 1. The van der Waals surface area contributed by atoms with Crippen LogP contribution in [-0.2, 0) is 9.53 Å². The lowest BCUT2D eigenvalue weighted by molar-refractivity contribution is -0.143. The smallest absolute Gasteiger partial charge is 0.322 e. The van der Waals surface area contributed by atoms with Crippen molar-refractivity contribution in [1.29, 1.82) is 0 Å². The number of nitrogens with one attached hydrogen (secondary N) is 1. The highest BCUT2D eigenvalue weighted by molar-refractivity contribution is 5.75. The third-order valence-corrected chi connectivity index (χ3v) is 2.07. The van der Waals surface area contributed by atoms with Gasteiger partial charge in [0, 0.05) is 0 Å². The van der Waals surface area contributed by atoms with Gasteiger partial charge >= 0.3 is 5.97 Å². The van der Waals surface area contributed by atoms with Crippen molar-refractivity contribution in [3.63, 3.8) is 0 Å². The minimum absolute atomic E-state index is 0.151. The predicted octanol–water partition coefficient (Wildman–Crippen LogP) is 0.479. The van der Waals surface area contributed by atoms with E-state index >= 15 is 0 Å². The Morgan fingerprint density at radius 1 is 1.50 bits per heavy atom. The summed E-state index contributed by atoms with van der Waals surface area (Å²) in [6, 6.07) is -0.151. The van der Waals surface area contributed by atoms with Gasteiger partial charge in [0.2, 0.25) is 0 Å². The summed E-state index contributed by atoms with van der Waals surface area (Å²) in [4.78, 5) is 13.3. The molecule has 0 saturated heterocycles. The van der Waals surface area contributed by atoms with E-state index in [1.54, 1.807) is 0 Å². The third kappa shape index (κ3) is 5.94. The van der Waals surface area contributed by atoms with Crippen molar-refractivity contribution >= 4 is 5.97 Å². The van der Waals surface area contributed by atoms with Gasteiger partial charge in [-0.2, -0.15) is 0 Å². The first-order chi connectivity index (χ1) is 6.61. The number of carbonyl (C=O) groups excluding carboxylic acids is 1. The molecule has 0 fully saturated rings. The van der Waals surface area contributed by atoms with Gasteiger partial charge in [0.25, 0.3) is 0 Å². The van der Waals surface area contributed by atoms with E-state index in [1.807, 2.05) is 21.0 Å². The Labute approximate surface area is 86.6 Å². The fourth-order valence-corrected chi connectivity index (χ4v) is 1.21. The molecule has 0 amide bonds. The number of ether oxygens (including phenoxy) is 1. The van der Waals surface area contributed by atoms with Crippen molar-refractivity contribution in [3.8, 4) is 0 Å².